The summed E-state index contributed by atoms with van der Waals surface area (Å²) < 4.78 is 6.95. The second kappa shape index (κ2) is 8.89. The number of rotatable bonds is 6. The topological polar surface area (TPSA) is 70.0 Å². The minimum Gasteiger partial charge on any atom is -0.508 e. The smallest absolute Gasteiger partial charge is 0.195 e. The number of thiophene rings is 1. The summed E-state index contributed by atoms with van der Waals surface area (Å²) in [6, 6.07) is 19.2. The first-order chi connectivity index (χ1) is 16.0. The van der Waals surface area contributed by atoms with Crippen molar-refractivity contribution in [3.8, 4) is 27.7 Å². The third-order valence-electron chi connectivity index (χ3n) is 6.13. The Kier molecular flexibility index (Phi) is 5.79. The minimum atomic E-state index is -0.0837. The Hall–Kier alpha value is -3.35. The minimum absolute atomic E-state index is 0.0837. The number of fused-ring (bicyclic) bond motifs is 1. The van der Waals surface area contributed by atoms with E-state index in [0.29, 0.717) is 11.1 Å². The molecule has 0 amide bonds. The number of likely N-dealkylation sites (tertiary alicyclic amines) is 1. The molecule has 0 bridgehead atoms. The standard InChI is InChI=1S/C27H25NO4S/c1-2-28-14-13-22(16-28)32-21-10-5-17(6-11-21)26(31)25-23-12-9-20(30)15-24(23)33-27(25)18-3-7-19(29)8-4-18/h3-12,15,22,29-30H,2,13-14,16H2,1H3/t22-/m1/s1. The Morgan fingerprint density at radius 3 is 2.45 bits per heavy atom. The van der Waals surface area contributed by atoms with E-state index < -0.39 is 0 Å². The van der Waals surface area contributed by atoms with E-state index in [-0.39, 0.29) is 23.4 Å². The summed E-state index contributed by atoms with van der Waals surface area (Å²) in [4.78, 5) is 16.8. The number of aromatic hydroxyl groups is 2. The predicted molar refractivity (Wildman–Crippen MR) is 132 cm³/mol. The van der Waals surface area contributed by atoms with E-state index in [1.807, 2.05) is 24.3 Å². The SMILES string of the molecule is CCN1CC[C@@H](Oc2ccc(C(=O)c3c(-c4ccc(O)cc4)sc4cc(O)ccc34)cc2)C1. The summed E-state index contributed by atoms with van der Waals surface area (Å²) in [7, 11) is 0. The zero-order valence-electron chi connectivity index (χ0n) is 18.3. The van der Waals surface area contributed by atoms with E-state index in [1.54, 1.807) is 42.5 Å². The van der Waals surface area contributed by atoms with Gasteiger partial charge in [0, 0.05) is 39.2 Å². The highest BCUT2D eigenvalue weighted by Crippen LogP contribution is 2.41. The number of hydrogen-bond acceptors (Lipinski definition) is 6. The van der Waals surface area contributed by atoms with E-state index in [2.05, 4.69) is 11.8 Å². The van der Waals surface area contributed by atoms with Crippen molar-refractivity contribution in [2.24, 2.45) is 0 Å². The number of phenolic OH excluding ortho intramolecular Hbond substituents is 2. The molecule has 0 unspecified atom stereocenters. The molecular formula is C27H25NO4S. The van der Waals surface area contributed by atoms with Gasteiger partial charge in [0.1, 0.15) is 23.4 Å². The van der Waals surface area contributed by atoms with E-state index >= 15 is 0 Å². The summed E-state index contributed by atoms with van der Waals surface area (Å²) in [5.41, 5.74) is 2.03. The summed E-state index contributed by atoms with van der Waals surface area (Å²) in [5, 5.41) is 20.4. The largest absolute Gasteiger partial charge is 0.508 e. The molecule has 33 heavy (non-hydrogen) atoms. The first-order valence-electron chi connectivity index (χ1n) is 11.1. The maximum atomic E-state index is 13.7. The Morgan fingerprint density at radius 1 is 1.03 bits per heavy atom. The lowest BCUT2D eigenvalue weighted by Crippen LogP contribution is -2.24. The van der Waals surface area contributed by atoms with Crippen molar-refractivity contribution in [3.63, 3.8) is 0 Å². The molecule has 1 fully saturated rings. The van der Waals surface area contributed by atoms with E-state index in [9.17, 15) is 15.0 Å². The van der Waals surface area contributed by atoms with Gasteiger partial charge >= 0.3 is 0 Å². The van der Waals surface area contributed by atoms with Crippen molar-refractivity contribution in [1.29, 1.82) is 0 Å². The van der Waals surface area contributed by atoms with Crippen LogP contribution in [0.3, 0.4) is 0 Å². The van der Waals surface area contributed by atoms with Crippen molar-refractivity contribution in [2.75, 3.05) is 19.6 Å². The van der Waals surface area contributed by atoms with Gasteiger partial charge in [-0.2, -0.15) is 0 Å². The molecule has 1 saturated heterocycles. The predicted octanol–water partition coefficient (Wildman–Crippen LogP) is 5.68. The fraction of sp³-hybridized carbons (Fsp3) is 0.222. The van der Waals surface area contributed by atoms with Crippen LogP contribution >= 0.6 is 11.3 Å². The Bertz CT molecular complexity index is 1290. The normalized spacial score (nSPS) is 16.3. The van der Waals surface area contributed by atoms with Gasteiger partial charge in [0.05, 0.1) is 0 Å². The van der Waals surface area contributed by atoms with Crippen LogP contribution in [0.1, 0.15) is 29.3 Å². The maximum absolute atomic E-state index is 13.7. The highest BCUT2D eigenvalue weighted by Gasteiger charge is 2.24. The number of nitrogens with zero attached hydrogens (tertiary/aromatic N) is 1. The summed E-state index contributed by atoms with van der Waals surface area (Å²) in [5.74, 6) is 1.02. The summed E-state index contributed by atoms with van der Waals surface area (Å²) >= 11 is 1.45. The number of likely N-dealkylation sites (N-methyl/N-ethyl adjacent to an activating group) is 1. The number of carbonyl (C=O) groups excluding carboxylic acids is 1. The molecule has 0 saturated carbocycles. The first-order valence-corrected chi connectivity index (χ1v) is 11.9. The van der Waals surface area contributed by atoms with Crippen molar-refractivity contribution in [3.05, 3.63) is 77.9 Å². The highest BCUT2D eigenvalue weighted by atomic mass is 32.1. The number of hydrogen-bond donors (Lipinski definition) is 2. The highest BCUT2D eigenvalue weighted by molar-refractivity contribution is 7.22. The molecule has 3 aromatic carbocycles. The second-order valence-electron chi connectivity index (χ2n) is 8.31. The van der Waals surface area contributed by atoms with Crippen molar-refractivity contribution < 1.29 is 19.7 Å². The molecule has 2 N–H and O–H groups in total. The van der Waals surface area contributed by atoms with E-state index in [4.69, 9.17) is 4.74 Å². The van der Waals surface area contributed by atoms with E-state index in [1.165, 1.54) is 11.3 Å². The van der Waals surface area contributed by atoms with Crippen LogP contribution in [-0.2, 0) is 0 Å². The fourth-order valence-corrected chi connectivity index (χ4v) is 5.57. The van der Waals surface area contributed by atoms with Crippen molar-refractivity contribution in [2.45, 2.75) is 19.4 Å². The number of benzene rings is 3. The van der Waals surface area contributed by atoms with Gasteiger partial charge in [-0.3, -0.25) is 9.69 Å². The average molecular weight is 460 g/mol. The van der Waals surface area contributed by atoms with Gasteiger partial charge in [-0.15, -0.1) is 11.3 Å². The Morgan fingerprint density at radius 2 is 1.76 bits per heavy atom. The van der Waals surface area contributed by atoms with Gasteiger partial charge in [-0.1, -0.05) is 6.92 Å². The van der Waals surface area contributed by atoms with Crippen molar-refractivity contribution in [1.82, 2.24) is 4.90 Å². The Labute approximate surface area is 196 Å². The third kappa shape index (κ3) is 4.32. The van der Waals surface area contributed by atoms with Gasteiger partial charge in [0.25, 0.3) is 0 Å². The molecule has 4 aromatic rings. The molecule has 1 aliphatic rings. The Balaban J connectivity index is 1.47. The number of carbonyl (C=O) groups is 1. The molecule has 2 heterocycles. The van der Waals surface area contributed by atoms with Crippen LogP contribution in [-0.4, -0.2) is 46.6 Å². The number of ketones is 1. The quantitative estimate of drug-likeness (QED) is 0.363. The summed E-state index contributed by atoms with van der Waals surface area (Å²) in [6.45, 7) is 5.17. The van der Waals surface area contributed by atoms with Crippen LogP contribution < -0.4 is 4.74 Å². The molecule has 168 valence electrons. The molecule has 1 aliphatic heterocycles. The molecule has 5 rings (SSSR count). The van der Waals surface area contributed by atoms with Gasteiger partial charge in [-0.25, -0.2) is 0 Å². The first kappa shape index (κ1) is 21.5. The lowest BCUT2D eigenvalue weighted by atomic mass is 9.97. The van der Waals surface area contributed by atoms with Gasteiger partial charge in [0.2, 0.25) is 0 Å². The average Bonchev–Trinajstić information content (AvgIpc) is 3.43. The lowest BCUT2D eigenvalue weighted by molar-refractivity contribution is 0.104. The lowest BCUT2D eigenvalue weighted by Gasteiger charge is -2.15. The molecule has 1 atom stereocenters. The van der Waals surface area contributed by atoms with Crippen LogP contribution in [0.5, 0.6) is 17.2 Å². The van der Waals surface area contributed by atoms with Crippen LogP contribution in [0.25, 0.3) is 20.5 Å². The molecule has 0 radical (unpaired) electrons. The molecule has 1 aromatic heterocycles. The van der Waals surface area contributed by atoms with Gasteiger partial charge in [0.15, 0.2) is 5.78 Å². The van der Waals surface area contributed by atoms with Crippen LogP contribution in [0.15, 0.2) is 66.7 Å². The van der Waals surface area contributed by atoms with Crippen molar-refractivity contribution >= 4 is 27.2 Å². The van der Waals surface area contributed by atoms with Crippen LogP contribution in [0, 0.1) is 0 Å². The number of phenols is 2. The van der Waals surface area contributed by atoms with E-state index in [0.717, 1.165) is 52.3 Å². The van der Waals surface area contributed by atoms with Gasteiger partial charge in [-0.05, 0) is 85.3 Å². The molecule has 6 heteroatoms. The molecule has 5 nitrogen and oxygen atoms in total. The van der Waals surface area contributed by atoms with Crippen LogP contribution in [0.4, 0.5) is 0 Å². The van der Waals surface area contributed by atoms with Crippen LogP contribution in [0.2, 0.25) is 0 Å². The summed E-state index contributed by atoms with van der Waals surface area (Å²) in [6.07, 6.45) is 1.19. The zero-order valence-corrected chi connectivity index (χ0v) is 19.1. The molecular weight excluding hydrogens is 434 g/mol. The zero-order chi connectivity index (χ0) is 22.9. The van der Waals surface area contributed by atoms with Gasteiger partial charge < -0.3 is 14.9 Å². The molecule has 0 aliphatic carbocycles. The monoisotopic (exact) mass is 459 g/mol. The maximum Gasteiger partial charge on any atom is 0.195 e. The number of ether oxygens (including phenoxy) is 1. The molecule has 0 spiro atoms. The fourth-order valence-electron chi connectivity index (χ4n) is 4.33. The second-order valence-corrected chi connectivity index (χ2v) is 9.36. The third-order valence-corrected chi connectivity index (χ3v) is 7.33.